The molecule has 0 spiro atoms. The highest BCUT2D eigenvalue weighted by molar-refractivity contribution is 4.92. The van der Waals surface area contributed by atoms with Crippen molar-refractivity contribution >= 4 is 0 Å². The van der Waals surface area contributed by atoms with Gasteiger partial charge >= 0.3 is 0 Å². The summed E-state index contributed by atoms with van der Waals surface area (Å²) in [4.78, 5) is 2.57. The standard InChI is InChI=1S/C15H30N2O/c1-14(2,3)13-5-4-8-17(9-6-13)11-15(16)7-10-18-12-15/h13H,4-12,16H2,1-3H3. The first-order chi connectivity index (χ1) is 8.39. The molecule has 0 radical (unpaired) electrons. The molecule has 0 saturated carbocycles. The maximum Gasteiger partial charge on any atom is 0.0659 e. The normalized spacial score (nSPS) is 35.7. The molecule has 0 bridgehead atoms. The van der Waals surface area contributed by atoms with E-state index in [2.05, 4.69) is 25.7 Å². The molecule has 2 atom stereocenters. The van der Waals surface area contributed by atoms with Crippen LogP contribution < -0.4 is 5.73 Å². The maximum atomic E-state index is 6.39. The fraction of sp³-hybridized carbons (Fsp3) is 1.00. The van der Waals surface area contributed by atoms with Crippen LogP contribution in [-0.4, -0.2) is 43.3 Å². The number of nitrogens with zero attached hydrogens (tertiary/aromatic N) is 1. The van der Waals surface area contributed by atoms with Gasteiger partial charge in [-0.15, -0.1) is 0 Å². The van der Waals surface area contributed by atoms with Crippen LogP contribution in [0.1, 0.15) is 46.5 Å². The van der Waals surface area contributed by atoms with Gasteiger partial charge in [0.1, 0.15) is 0 Å². The van der Waals surface area contributed by atoms with Gasteiger partial charge in [0.05, 0.1) is 12.1 Å². The third-order valence-electron chi connectivity index (χ3n) is 4.72. The second-order valence-electron chi connectivity index (χ2n) is 7.43. The van der Waals surface area contributed by atoms with Gasteiger partial charge in [-0.3, -0.25) is 0 Å². The second-order valence-corrected chi connectivity index (χ2v) is 7.43. The summed E-state index contributed by atoms with van der Waals surface area (Å²) in [6.07, 6.45) is 5.03. The van der Waals surface area contributed by atoms with Crippen LogP contribution in [0.15, 0.2) is 0 Å². The van der Waals surface area contributed by atoms with Gasteiger partial charge in [0.2, 0.25) is 0 Å². The smallest absolute Gasteiger partial charge is 0.0659 e. The fourth-order valence-corrected chi connectivity index (χ4v) is 3.37. The lowest BCUT2D eigenvalue weighted by molar-refractivity contribution is 0.151. The Kier molecular flexibility index (Phi) is 4.35. The Morgan fingerprint density at radius 3 is 2.67 bits per heavy atom. The van der Waals surface area contributed by atoms with Gasteiger partial charge in [0.25, 0.3) is 0 Å². The molecule has 2 heterocycles. The molecular formula is C15H30N2O. The molecule has 3 nitrogen and oxygen atoms in total. The first-order valence-electron chi connectivity index (χ1n) is 7.48. The highest BCUT2D eigenvalue weighted by Gasteiger charge is 2.34. The minimum Gasteiger partial charge on any atom is -0.379 e. The lowest BCUT2D eigenvalue weighted by Crippen LogP contribution is -2.51. The Morgan fingerprint density at radius 2 is 2.06 bits per heavy atom. The van der Waals surface area contributed by atoms with E-state index >= 15 is 0 Å². The molecule has 0 aromatic heterocycles. The van der Waals surface area contributed by atoms with E-state index in [0.717, 1.165) is 32.1 Å². The van der Waals surface area contributed by atoms with E-state index in [1.807, 2.05) is 0 Å². The second kappa shape index (κ2) is 5.48. The van der Waals surface area contributed by atoms with Gasteiger partial charge in [-0.05, 0) is 50.1 Å². The molecule has 0 amide bonds. The van der Waals surface area contributed by atoms with Crippen LogP contribution in [0.25, 0.3) is 0 Å². The van der Waals surface area contributed by atoms with Gasteiger partial charge < -0.3 is 15.4 Å². The van der Waals surface area contributed by atoms with Crippen LogP contribution in [0.5, 0.6) is 0 Å². The third-order valence-corrected chi connectivity index (χ3v) is 4.72. The monoisotopic (exact) mass is 254 g/mol. The van der Waals surface area contributed by atoms with Gasteiger partial charge in [0, 0.05) is 13.2 Å². The van der Waals surface area contributed by atoms with Crippen LogP contribution in [0.3, 0.4) is 0 Å². The average molecular weight is 254 g/mol. The SMILES string of the molecule is CC(C)(C)C1CCCN(CC2(N)CCOC2)CC1. The van der Waals surface area contributed by atoms with E-state index < -0.39 is 0 Å². The molecule has 106 valence electrons. The molecule has 2 saturated heterocycles. The van der Waals surface area contributed by atoms with E-state index in [-0.39, 0.29) is 5.54 Å². The molecule has 0 aromatic rings. The number of likely N-dealkylation sites (tertiary alicyclic amines) is 1. The molecule has 0 aromatic carbocycles. The van der Waals surface area contributed by atoms with E-state index in [4.69, 9.17) is 10.5 Å². The summed E-state index contributed by atoms with van der Waals surface area (Å²) >= 11 is 0. The van der Waals surface area contributed by atoms with Crippen LogP contribution >= 0.6 is 0 Å². The zero-order valence-electron chi connectivity index (χ0n) is 12.4. The molecule has 18 heavy (non-hydrogen) atoms. The van der Waals surface area contributed by atoms with Gasteiger partial charge in [-0.1, -0.05) is 20.8 Å². The van der Waals surface area contributed by atoms with Gasteiger partial charge in [-0.25, -0.2) is 0 Å². The molecule has 2 unspecified atom stereocenters. The number of ether oxygens (including phenoxy) is 1. The molecule has 3 heteroatoms. The van der Waals surface area contributed by atoms with E-state index in [0.29, 0.717) is 5.41 Å². The van der Waals surface area contributed by atoms with Crippen molar-refractivity contribution in [3.05, 3.63) is 0 Å². The van der Waals surface area contributed by atoms with Crippen LogP contribution in [-0.2, 0) is 4.74 Å². The fourth-order valence-electron chi connectivity index (χ4n) is 3.37. The Bertz CT molecular complexity index is 266. The zero-order valence-corrected chi connectivity index (χ0v) is 12.4. The Balaban J connectivity index is 1.85. The van der Waals surface area contributed by atoms with Gasteiger partial charge in [-0.2, -0.15) is 0 Å². The Hall–Kier alpha value is -0.120. The molecule has 2 fully saturated rings. The van der Waals surface area contributed by atoms with Gasteiger partial charge in [0.15, 0.2) is 0 Å². The van der Waals surface area contributed by atoms with Crippen molar-refractivity contribution in [2.24, 2.45) is 17.1 Å². The predicted molar refractivity (Wildman–Crippen MR) is 75.6 cm³/mol. The first kappa shape index (κ1) is 14.3. The lowest BCUT2D eigenvalue weighted by Gasteiger charge is -2.32. The topological polar surface area (TPSA) is 38.5 Å². The van der Waals surface area contributed by atoms with E-state index in [1.165, 1.54) is 32.4 Å². The van der Waals surface area contributed by atoms with E-state index in [9.17, 15) is 0 Å². The lowest BCUT2D eigenvalue weighted by atomic mass is 9.77. The summed E-state index contributed by atoms with van der Waals surface area (Å²) in [7, 11) is 0. The summed E-state index contributed by atoms with van der Waals surface area (Å²) in [6, 6.07) is 0. The van der Waals surface area contributed by atoms with Crippen molar-refractivity contribution in [3.63, 3.8) is 0 Å². The van der Waals surface area contributed by atoms with Crippen molar-refractivity contribution in [1.29, 1.82) is 0 Å². The number of nitrogens with two attached hydrogens (primary N) is 1. The van der Waals surface area contributed by atoms with Crippen molar-refractivity contribution in [1.82, 2.24) is 4.90 Å². The van der Waals surface area contributed by atoms with E-state index in [1.54, 1.807) is 0 Å². The largest absolute Gasteiger partial charge is 0.379 e. The van der Waals surface area contributed by atoms with Crippen molar-refractivity contribution in [3.8, 4) is 0 Å². The van der Waals surface area contributed by atoms with Crippen LogP contribution in [0, 0.1) is 11.3 Å². The molecule has 0 aliphatic carbocycles. The minimum atomic E-state index is -0.0818. The zero-order chi connectivity index (χ0) is 13.2. The summed E-state index contributed by atoms with van der Waals surface area (Å²) in [5, 5.41) is 0. The first-order valence-corrected chi connectivity index (χ1v) is 7.48. The highest BCUT2D eigenvalue weighted by Crippen LogP contribution is 2.34. The Morgan fingerprint density at radius 1 is 1.28 bits per heavy atom. The average Bonchev–Trinajstić information content (AvgIpc) is 2.54. The number of hydrogen-bond acceptors (Lipinski definition) is 3. The van der Waals surface area contributed by atoms with Crippen molar-refractivity contribution in [2.75, 3.05) is 32.8 Å². The van der Waals surface area contributed by atoms with Crippen molar-refractivity contribution in [2.45, 2.75) is 52.0 Å². The van der Waals surface area contributed by atoms with Crippen molar-refractivity contribution < 1.29 is 4.74 Å². The molecule has 2 N–H and O–H groups in total. The molecule has 2 aliphatic heterocycles. The highest BCUT2D eigenvalue weighted by atomic mass is 16.5. The predicted octanol–water partition coefficient (Wildman–Crippen LogP) is 2.25. The maximum absolute atomic E-state index is 6.39. The third kappa shape index (κ3) is 3.69. The molecule has 2 rings (SSSR count). The summed E-state index contributed by atoms with van der Waals surface area (Å²) in [6.45, 7) is 12.2. The summed E-state index contributed by atoms with van der Waals surface area (Å²) in [5.74, 6) is 0.857. The minimum absolute atomic E-state index is 0.0818. The van der Waals surface area contributed by atoms with Crippen LogP contribution in [0.4, 0.5) is 0 Å². The molecular weight excluding hydrogens is 224 g/mol. The summed E-state index contributed by atoms with van der Waals surface area (Å²) in [5.41, 5.74) is 6.76. The number of rotatable bonds is 2. The summed E-state index contributed by atoms with van der Waals surface area (Å²) < 4.78 is 5.46. The quantitative estimate of drug-likeness (QED) is 0.821. The Labute approximate surface area is 112 Å². The van der Waals surface area contributed by atoms with Crippen LogP contribution in [0.2, 0.25) is 0 Å². The molecule has 2 aliphatic rings. The number of hydrogen-bond donors (Lipinski definition) is 1.